The van der Waals surface area contributed by atoms with Gasteiger partial charge >= 0.3 is 51.4 Å². The molecule has 0 aromatic heterocycles. The maximum Gasteiger partial charge on any atom is 1.00 e. The van der Waals surface area contributed by atoms with Crippen LogP contribution in [-0.2, 0) is 30.2 Å². The number of hydrogen-bond acceptors (Lipinski definition) is 6. The van der Waals surface area contributed by atoms with Crippen LogP contribution in [0.5, 0.6) is 0 Å². The Morgan fingerprint density at radius 1 is 0.529 bits per heavy atom. The Bertz CT molecular complexity index is 914. The summed E-state index contributed by atoms with van der Waals surface area (Å²) in [5.41, 5.74) is 1.36. The predicted octanol–water partition coefficient (Wildman–Crippen LogP) is 0.896. The van der Waals surface area contributed by atoms with Crippen LogP contribution in [0.3, 0.4) is 0 Å². The van der Waals surface area contributed by atoms with Crippen LogP contribution in [0.1, 0.15) is 5.56 Å². The molecule has 0 radical (unpaired) electrons. The molecular formula is C27H35KNO5+. The van der Waals surface area contributed by atoms with Gasteiger partial charge in [-0.25, -0.2) is 0 Å². The number of ether oxygens (including phenoxy) is 5. The van der Waals surface area contributed by atoms with Crippen LogP contribution in [0.2, 0.25) is 0 Å². The van der Waals surface area contributed by atoms with E-state index in [0.717, 1.165) is 19.6 Å². The molecule has 1 fully saturated rings. The molecule has 0 atom stereocenters. The van der Waals surface area contributed by atoms with E-state index in [1.807, 2.05) is 0 Å². The van der Waals surface area contributed by atoms with E-state index in [9.17, 15) is 0 Å². The van der Waals surface area contributed by atoms with Crippen molar-refractivity contribution in [3.05, 3.63) is 60.2 Å². The quantitative estimate of drug-likeness (QED) is 0.391. The fourth-order valence-corrected chi connectivity index (χ4v) is 4.14. The van der Waals surface area contributed by atoms with Gasteiger partial charge in [0.2, 0.25) is 0 Å². The summed E-state index contributed by atoms with van der Waals surface area (Å²) in [6, 6.07) is 19.6. The number of nitrogens with zero attached hydrogens (tertiary/aromatic N) is 1. The molecule has 0 aliphatic carbocycles. The monoisotopic (exact) mass is 492 g/mol. The third-order valence-corrected chi connectivity index (χ3v) is 5.86. The van der Waals surface area contributed by atoms with Gasteiger partial charge in [-0.05, 0) is 33.2 Å². The first-order valence-electron chi connectivity index (χ1n) is 11.9. The van der Waals surface area contributed by atoms with E-state index in [0.29, 0.717) is 66.1 Å². The van der Waals surface area contributed by atoms with Crippen LogP contribution in [0, 0.1) is 0 Å². The van der Waals surface area contributed by atoms with Crippen LogP contribution >= 0.6 is 0 Å². The summed E-state index contributed by atoms with van der Waals surface area (Å²) >= 11 is 0. The maximum atomic E-state index is 5.85. The van der Waals surface area contributed by atoms with Crippen LogP contribution in [0.25, 0.3) is 21.5 Å². The molecule has 0 saturated carbocycles. The van der Waals surface area contributed by atoms with Crippen molar-refractivity contribution < 1.29 is 75.1 Å². The Morgan fingerprint density at radius 3 is 1.35 bits per heavy atom. The summed E-state index contributed by atoms with van der Waals surface area (Å²) in [7, 11) is 0. The van der Waals surface area contributed by atoms with Crippen molar-refractivity contribution in [3.8, 4) is 0 Å². The number of fused-ring (bicyclic) bond motifs is 2. The zero-order valence-corrected chi connectivity index (χ0v) is 23.5. The molecule has 1 aliphatic heterocycles. The summed E-state index contributed by atoms with van der Waals surface area (Å²) in [4.78, 5) is 2.42. The van der Waals surface area contributed by atoms with Gasteiger partial charge in [0.25, 0.3) is 0 Å². The molecular weight excluding hydrogens is 457 g/mol. The summed E-state index contributed by atoms with van der Waals surface area (Å²) in [5.74, 6) is 0. The number of benzene rings is 3. The van der Waals surface area contributed by atoms with Gasteiger partial charge in [0, 0.05) is 19.6 Å². The first-order valence-corrected chi connectivity index (χ1v) is 11.9. The van der Waals surface area contributed by atoms with Crippen molar-refractivity contribution in [2.45, 2.75) is 6.54 Å². The fraction of sp³-hybridized carbons (Fsp3) is 0.481. The molecule has 0 N–H and O–H groups in total. The molecule has 6 nitrogen and oxygen atoms in total. The van der Waals surface area contributed by atoms with E-state index in [2.05, 4.69) is 59.5 Å². The minimum absolute atomic E-state index is 0. The summed E-state index contributed by atoms with van der Waals surface area (Å²) in [6.45, 7) is 8.47. The Labute approximate surface area is 245 Å². The Kier molecular flexibility index (Phi) is 13.5. The molecule has 3 aromatic rings. The Hall–Kier alpha value is -0.424. The maximum absolute atomic E-state index is 5.85. The number of hydrogen-bond donors (Lipinski definition) is 0. The molecule has 0 amide bonds. The van der Waals surface area contributed by atoms with Gasteiger partial charge in [-0.3, -0.25) is 4.90 Å². The third kappa shape index (κ3) is 8.91. The zero-order chi connectivity index (χ0) is 22.6. The molecule has 0 bridgehead atoms. The average Bonchev–Trinajstić information content (AvgIpc) is 2.84. The molecule has 1 heterocycles. The first kappa shape index (κ1) is 28.2. The second kappa shape index (κ2) is 16.3. The average molecular weight is 493 g/mol. The van der Waals surface area contributed by atoms with E-state index >= 15 is 0 Å². The van der Waals surface area contributed by atoms with Gasteiger partial charge in [0.1, 0.15) is 0 Å². The Morgan fingerprint density at radius 2 is 0.912 bits per heavy atom. The van der Waals surface area contributed by atoms with Crippen molar-refractivity contribution >= 4 is 21.5 Å². The van der Waals surface area contributed by atoms with Crippen molar-refractivity contribution in [3.63, 3.8) is 0 Å². The van der Waals surface area contributed by atoms with Crippen LogP contribution < -0.4 is 51.4 Å². The SMILES string of the molecule is [K+].c1ccc2c(CN3CCOCCOCCOCCOCCOCC3)c3ccccc3cc2c1. The van der Waals surface area contributed by atoms with Gasteiger partial charge in [-0.2, -0.15) is 0 Å². The minimum Gasteiger partial charge on any atom is -0.378 e. The van der Waals surface area contributed by atoms with Gasteiger partial charge in [0.15, 0.2) is 0 Å². The fourth-order valence-electron chi connectivity index (χ4n) is 4.14. The smallest absolute Gasteiger partial charge is 0.378 e. The molecule has 0 unspecified atom stereocenters. The van der Waals surface area contributed by atoms with E-state index < -0.39 is 0 Å². The third-order valence-electron chi connectivity index (χ3n) is 5.86. The second-order valence-corrected chi connectivity index (χ2v) is 8.14. The molecule has 0 spiro atoms. The molecule has 4 rings (SSSR count). The summed E-state index contributed by atoms with van der Waals surface area (Å²) in [5, 5.41) is 5.17. The first-order chi connectivity index (χ1) is 16.4. The minimum atomic E-state index is 0. The van der Waals surface area contributed by atoms with Gasteiger partial charge < -0.3 is 23.7 Å². The van der Waals surface area contributed by atoms with Crippen LogP contribution in [0.15, 0.2) is 54.6 Å². The summed E-state index contributed by atoms with van der Waals surface area (Å²) in [6.07, 6.45) is 0. The van der Waals surface area contributed by atoms with E-state index in [4.69, 9.17) is 23.7 Å². The van der Waals surface area contributed by atoms with E-state index in [1.54, 1.807) is 0 Å². The molecule has 1 saturated heterocycles. The molecule has 34 heavy (non-hydrogen) atoms. The van der Waals surface area contributed by atoms with Gasteiger partial charge in [-0.15, -0.1) is 0 Å². The Balaban J connectivity index is 0.00000324. The molecule has 178 valence electrons. The van der Waals surface area contributed by atoms with Gasteiger partial charge in [0.05, 0.1) is 66.1 Å². The topological polar surface area (TPSA) is 49.4 Å². The van der Waals surface area contributed by atoms with Crippen molar-refractivity contribution in [2.24, 2.45) is 0 Å². The number of rotatable bonds is 2. The molecule has 3 aromatic carbocycles. The van der Waals surface area contributed by atoms with Crippen molar-refractivity contribution in [2.75, 3.05) is 79.2 Å². The van der Waals surface area contributed by atoms with Crippen molar-refractivity contribution in [1.82, 2.24) is 4.90 Å². The van der Waals surface area contributed by atoms with E-state index in [1.165, 1.54) is 27.1 Å². The molecule has 7 heteroatoms. The van der Waals surface area contributed by atoms with Gasteiger partial charge in [-0.1, -0.05) is 48.5 Å². The standard InChI is InChI=1S/C27H35NO5.K/c1-3-7-25-23(5-1)21-24-6-2-4-8-26(24)27(25)22-28-9-11-29-13-15-31-17-19-33-20-18-32-16-14-30-12-10-28;/h1-8,21H,9-20,22H2;/q;+1. The second-order valence-electron chi connectivity index (χ2n) is 8.14. The van der Waals surface area contributed by atoms with Crippen molar-refractivity contribution in [1.29, 1.82) is 0 Å². The van der Waals surface area contributed by atoms with E-state index in [-0.39, 0.29) is 51.4 Å². The normalized spacial score (nSPS) is 18.7. The molecule has 1 aliphatic rings. The zero-order valence-electron chi connectivity index (χ0n) is 20.4. The predicted molar refractivity (Wildman–Crippen MR) is 131 cm³/mol. The summed E-state index contributed by atoms with van der Waals surface area (Å²) < 4.78 is 28.3. The van der Waals surface area contributed by atoms with Crippen LogP contribution in [0.4, 0.5) is 0 Å². The largest absolute Gasteiger partial charge is 1.00 e. The van der Waals surface area contributed by atoms with Crippen LogP contribution in [-0.4, -0.2) is 84.1 Å².